The van der Waals surface area contributed by atoms with Gasteiger partial charge in [-0.2, -0.15) is 0 Å². The minimum absolute atomic E-state index is 0.0389. The van der Waals surface area contributed by atoms with Crippen molar-refractivity contribution in [1.29, 1.82) is 0 Å². The van der Waals surface area contributed by atoms with Gasteiger partial charge in [0, 0.05) is 5.56 Å². The zero-order chi connectivity index (χ0) is 21.3. The minimum Gasteiger partial charge on any atom is -0.402 e. The smallest absolute Gasteiger partial charge is 0.347 e. The Bertz CT molecular complexity index is 969. The highest BCUT2D eigenvalue weighted by atomic mass is 19.1. The summed E-state index contributed by atoms with van der Waals surface area (Å²) in [5, 5.41) is 0. The molecule has 0 bridgehead atoms. The molecule has 0 saturated heterocycles. The quantitative estimate of drug-likeness (QED) is 0.314. The van der Waals surface area contributed by atoms with E-state index in [0.717, 1.165) is 43.2 Å². The number of halogens is 1. The van der Waals surface area contributed by atoms with Crippen molar-refractivity contribution >= 4 is 5.97 Å². The van der Waals surface area contributed by atoms with E-state index in [0.29, 0.717) is 5.69 Å². The van der Waals surface area contributed by atoms with Gasteiger partial charge in [-0.05, 0) is 42.5 Å². The van der Waals surface area contributed by atoms with E-state index in [1.54, 1.807) is 12.3 Å². The maximum Gasteiger partial charge on any atom is 0.347 e. The topological polar surface area (TPSA) is 52.1 Å². The Morgan fingerprint density at radius 2 is 1.70 bits per heavy atom. The van der Waals surface area contributed by atoms with Crippen LogP contribution in [0.2, 0.25) is 0 Å². The van der Waals surface area contributed by atoms with Crippen LogP contribution in [-0.2, 0) is 12.8 Å². The second kappa shape index (κ2) is 10.6. The van der Waals surface area contributed by atoms with Gasteiger partial charge in [0.25, 0.3) is 0 Å². The van der Waals surface area contributed by atoms with E-state index < -0.39 is 11.8 Å². The number of hydrogen-bond acceptors (Lipinski definition) is 4. The van der Waals surface area contributed by atoms with Gasteiger partial charge in [0.05, 0.1) is 23.7 Å². The zero-order valence-electron chi connectivity index (χ0n) is 17.5. The highest BCUT2D eigenvalue weighted by molar-refractivity contribution is 5.91. The molecule has 1 aromatic heterocycles. The minimum atomic E-state index is -0.778. The number of ether oxygens (including phenoxy) is 1. The molecular weight excluding hydrogens is 379 g/mol. The summed E-state index contributed by atoms with van der Waals surface area (Å²) in [5.41, 5.74) is 3.63. The summed E-state index contributed by atoms with van der Waals surface area (Å²) in [7, 11) is 0. The number of esters is 1. The molecule has 0 fully saturated rings. The summed E-state index contributed by atoms with van der Waals surface area (Å²) < 4.78 is 19.6. The standard InChI is InChI=1S/C25H27FN2O2/c1-3-5-6-7-8-19-11-14-21(22(26)15-19)25(29)30-24-17-27-23(16-28-24)20-12-9-18(4-2)10-13-20/h9-17H,3-8H2,1-2H3. The SMILES string of the molecule is CCCCCCc1ccc(C(=O)Oc2cnc(-c3ccc(CC)cc3)cn2)c(F)c1. The molecule has 0 aliphatic heterocycles. The third-order valence-electron chi connectivity index (χ3n) is 5.06. The highest BCUT2D eigenvalue weighted by Crippen LogP contribution is 2.20. The van der Waals surface area contributed by atoms with Crippen molar-refractivity contribution in [1.82, 2.24) is 9.97 Å². The van der Waals surface area contributed by atoms with Gasteiger partial charge in [-0.3, -0.25) is 0 Å². The Kier molecular flexibility index (Phi) is 7.66. The van der Waals surface area contributed by atoms with Crippen molar-refractivity contribution in [2.75, 3.05) is 0 Å². The number of hydrogen-bond donors (Lipinski definition) is 0. The molecule has 156 valence electrons. The number of carbonyl (C=O) groups excluding carboxylic acids is 1. The Balaban J connectivity index is 1.62. The van der Waals surface area contributed by atoms with Gasteiger partial charge in [-0.25, -0.2) is 19.2 Å². The number of carbonyl (C=O) groups is 1. The number of aromatic nitrogens is 2. The predicted octanol–water partition coefficient (Wildman–Crippen LogP) is 6.19. The molecule has 0 aliphatic rings. The molecule has 0 saturated carbocycles. The van der Waals surface area contributed by atoms with Gasteiger partial charge in [-0.1, -0.05) is 63.4 Å². The van der Waals surface area contributed by atoms with Gasteiger partial charge < -0.3 is 4.74 Å². The van der Waals surface area contributed by atoms with E-state index in [9.17, 15) is 9.18 Å². The number of unbranched alkanes of at least 4 members (excludes halogenated alkanes) is 3. The number of benzene rings is 2. The van der Waals surface area contributed by atoms with Gasteiger partial charge in [0.15, 0.2) is 0 Å². The van der Waals surface area contributed by atoms with Crippen molar-refractivity contribution in [3.8, 4) is 17.1 Å². The maximum absolute atomic E-state index is 14.4. The average Bonchev–Trinajstić information content (AvgIpc) is 2.77. The molecule has 30 heavy (non-hydrogen) atoms. The largest absolute Gasteiger partial charge is 0.402 e. The summed E-state index contributed by atoms with van der Waals surface area (Å²) in [5.74, 6) is -1.31. The fraction of sp³-hybridized carbons (Fsp3) is 0.320. The molecule has 2 aromatic carbocycles. The molecule has 3 aromatic rings. The van der Waals surface area contributed by atoms with Crippen LogP contribution in [0, 0.1) is 5.82 Å². The lowest BCUT2D eigenvalue weighted by atomic mass is 10.0. The fourth-order valence-corrected chi connectivity index (χ4v) is 3.21. The van der Waals surface area contributed by atoms with Crippen LogP contribution in [0.3, 0.4) is 0 Å². The predicted molar refractivity (Wildman–Crippen MR) is 116 cm³/mol. The van der Waals surface area contributed by atoms with Crippen LogP contribution in [-0.4, -0.2) is 15.9 Å². The van der Waals surface area contributed by atoms with Crippen LogP contribution < -0.4 is 4.74 Å². The molecule has 0 unspecified atom stereocenters. The molecular formula is C25H27FN2O2. The first kappa shape index (κ1) is 21.6. The first-order valence-corrected chi connectivity index (χ1v) is 10.5. The van der Waals surface area contributed by atoms with E-state index in [1.165, 1.54) is 30.3 Å². The zero-order valence-corrected chi connectivity index (χ0v) is 17.5. The van der Waals surface area contributed by atoms with Gasteiger partial charge in [0.2, 0.25) is 5.88 Å². The van der Waals surface area contributed by atoms with Crippen molar-refractivity contribution < 1.29 is 13.9 Å². The normalized spacial score (nSPS) is 10.8. The van der Waals surface area contributed by atoms with E-state index >= 15 is 0 Å². The van der Waals surface area contributed by atoms with Crippen LogP contribution in [0.4, 0.5) is 4.39 Å². The van der Waals surface area contributed by atoms with Crippen LogP contribution in [0.25, 0.3) is 11.3 Å². The van der Waals surface area contributed by atoms with E-state index in [4.69, 9.17) is 4.74 Å². The van der Waals surface area contributed by atoms with E-state index in [2.05, 4.69) is 23.8 Å². The second-order valence-corrected chi connectivity index (χ2v) is 7.30. The molecule has 0 N–H and O–H groups in total. The highest BCUT2D eigenvalue weighted by Gasteiger charge is 2.16. The van der Waals surface area contributed by atoms with Crippen LogP contribution in [0.15, 0.2) is 54.9 Å². The van der Waals surface area contributed by atoms with Crippen molar-refractivity contribution in [3.05, 3.63) is 77.4 Å². The maximum atomic E-state index is 14.4. The molecule has 0 atom stereocenters. The Labute approximate surface area is 177 Å². The summed E-state index contributed by atoms with van der Waals surface area (Å²) in [6, 6.07) is 12.7. The van der Waals surface area contributed by atoms with Gasteiger partial charge in [-0.15, -0.1) is 0 Å². The van der Waals surface area contributed by atoms with Crippen molar-refractivity contribution in [3.63, 3.8) is 0 Å². The summed E-state index contributed by atoms with van der Waals surface area (Å²) in [6.45, 7) is 4.25. The molecule has 3 rings (SSSR count). The molecule has 0 radical (unpaired) electrons. The second-order valence-electron chi connectivity index (χ2n) is 7.30. The van der Waals surface area contributed by atoms with Gasteiger partial charge in [0.1, 0.15) is 5.82 Å². The summed E-state index contributed by atoms with van der Waals surface area (Å²) in [6.07, 6.45) is 9.17. The molecule has 1 heterocycles. The number of aryl methyl sites for hydroxylation is 2. The van der Waals surface area contributed by atoms with Crippen LogP contribution in [0.5, 0.6) is 5.88 Å². The van der Waals surface area contributed by atoms with Crippen molar-refractivity contribution in [2.24, 2.45) is 0 Å². The number of nitrogens with zero attached hydrogens (tertiary/aromatic N) is 2. The van der Waals surface area contributed by atoms with Crippen LogP contribution >= 0.6 is 0 Å². The monoisotopic (exact) mass is 406 g/mol. The fourth-order valence-electron chi connectivity index (χ4n) is 3.21. The first-order valence-electron chi connectivity index (χ1n) is 10.5. The first-order chi connectivity index (χ1) is 14.6. The Hall–Kier alpha value is -3.08. The molecule has 5 heteroatoms. The molecule has 4 nitrogen and oxygen atoms in total. The number of rotatable bonds is 9. The average molecular weight is 407 g/mol. The van der Waals surface area contributed by atoms with Crippen LogP contribution in [0.1, 0.15) is 61.0 Å². The van der Waals surface area contributed by atoms with E-state index in [-0.39, 0.29) is 11.4 Å². The third-order valence-corrected chi connectivity index (χ3v) is 5.06. The Morgan fingerprint density at radius 3 is 2.33 bits per heavy atom. The third kappa shape index (κ3) is 5.72. The Morgan fingerprint density at radius 1 is 0.933 bits per heavy atom. The lowest BCUT2D eigenvalue weighted by molar-refractivity contribution is 0.0722. The van der Waals surface area contributed by atoms with Crippen molar-refractivity contribution in [2.45, 2.75) is 52.4 Å². The summed E-state index contributed by atoms with van der Waals surface area (Å²) >= 11 is 0. The molecule has 0 aliphatic carbocycles. The van der Waals surface area contributed by atoms with E-state index in [1.807, 2.05) is 24.3 Å². The lowest BCUT2D eigenvalue weighted by Crippen LogP contribution is -2.12. The molecule has 0 spiro atoms. The lowest BCUT2D eigenvalue weighted by Gasteiger charge is -2.07. The molecule has 0 amide bonds. The summed E-state index contributed by atoms with van der Waals surface area (Å²) in [4.78, 5) is 20.8. The van der Waals surface area contributed by atoms with Gasteiger partial charge >= 0.3 is 5.97 Å².